The van der Waals surface area contributed by atoms with Crippen molar-refractivity contribution in [2.45, 2.75) is 12.3 Å². The molecule has 0 bridgehead atoms. The highest BCUT2D eigenvalue weighted by Gasteiger charge is 2.46. The molecular formula is C15H19BrN2O3S. The zero-order valence-corrected chi connectivity index (χ0v) is 14.8. The Labute approximate surface area is 139 Å². The number of piperazine rings is 1. The first-order valence-electron chi connectivity index (χ1n) is 7.35. The molecule has 0 spiro atoms. The zero-order valence-electron chi connectivity index (χ0n) is 12.4. The number of amides is 1. The molecule has 1 aromatic rings. The number of hydrogen-bond acceptors (Lipinski definition) is 3. The third-order valence-electron chi connectivity index (χ3n) is 4.43. The molecule has 22 heavy (non-hydrogen) atoms. The SMILES string of the molecule is CS(=O)(=O)N1CCN(C(=O)C2CC2c2ccc(Br)cc2)CC1. The quantitative estimate of drug-likeness (QED) is 0.793. The summed E-state index contributed by atoms with van der Waals surface area (Å²) in [5.41, 5.74) is 1.20. The third kappa shape index (κ3) is 3.36. The number of rotatable bonds is 3. The molecule has 5 nitrogen and oxygen atoms in total. The third-order valence-corrected chi connectivity index (χ3v) is 6.26. The Morgan fingerprint density at radius 3 is 2.27 bits per heavy atom. The first kappa shape index (κ1) is 16.0. The molecule has 120 valence electrons. The first-order chi connectivity index (χ1) is 10.4. The Morgan fingerprint density at radius 2 is 1.73 bits per heavy atom. The van der Waals surface area contributed by atoms with Gasteiger partial charge in [-0.25, -0.2) is 8.42 Å². The maximum Gasteiger partial charge on any atom is 0.226 e. The predicted octanol–water partition coefficient (Wildman–Crippen LogP) is 1.66. The number of nitrogens with zero attached hydrogens (tertiary/aromatic N) is 2. The zero-order chi connectivity index (χ0) is 15.9. The molecule has 1 saturated heterocycles. The molecule has 2 atom stereocenters. The van der Waals surface area contributed by atoms with Gasteiger partial charge in [-0.1, -0.05) is 28.1 Å². The Bertz CT molecular complexity index is 667. The van der Waals surface area contributed by atoms with Gasteiger partial charge in [0.15, 0.2) is 0 Å². The van der Waals surface area contributed by atoms with Gasteiger partial charge in [-0.15, -0.1) is 0 Å². The fourth-order valence-corrected chi connectivity index (χ4v) is 4.11. The molecule has 0 N–H and O–H groups in total. The number of halogens is 1. The normalized spacial score (nSPS) is 26.0. The molecule has 1 aromatic carbocycles. The van der Waals surface area contributed by atoms with E-state index in [0.29, 0.717) is 32.1 Å². The van der Waals surface area contributed by atoms with Crippen molar-refractivity contribution in [1.29, 1.82) is 0 Å². The van der Waals surface area contributed by atoms with Crippen LogP contribution in [0.4, 0.5) is 0 Å². The highest BCUT2D eigenvalue weighted by molar-refractivity contribution is 9.10. The van der Waals surface area contributed by atoms with Gasteiger partial charge in [-0.2, -0.15) is 4.31 Å². The summed E-state index contributed by atoms with van der Waals surface area (Å²) in [6.07, 6.45) is 2.11. The van der Waals surface area contributed by atoms with Gasteiger partial charge in [0.25, 0.3) is 0 Å². The van der Waals surface area contributed by atoms with E-state index in [1.54, 1.807) is 0 Å². The molecule has 1 saturated carbocycles. The molecule has 0 aromatic heterocycles. The lowest BCUT2D eigenvalue weighted by molar-refractivity contribution is -0.133. The van der Waals surface area contributed by atoms with Crippen LogP contribution in [0.15, 0.2) is 28.7 Å². The molecule has 1 aliphatic heterocycles. The Balaban J connectivity index is 1.57. The Kier molecular flexibility index (Phi) is 4.31. The van der Waals surface area contributed by atoms with Crippen molar-refractivity contribution in [2.75, 3.05) is 32.4 Å². The molecule has 3 rings (SSSR count). The molecular weight excluding hydrogens is 368 g/mol. The lowest BCUT2D eigenvalue weighted by Crippen LogP contribution is -2.50. The van der Waals surface area contributed by atoms with E-state index in [2.05, 4.69) is 28.1 Å². The van der Waals surface area contributed by atoms with E-state index in [1.165, 1.54) is 16.1 Å². The van der Waals surface area contributed by atoms with E-state index in [-0.39, 0.29) is 11.8 Å². The fraction of sp³-hybridized carbons (Fsp3) is 0.533. The van der Waals surface area contributed by atoms with Crippen LogP contribution in [0.5, 0.6) is 0 Å². The van der Waals surface area contributed by atoms with Crippen molar-refractivity contribution in [3.05, 3.63) is 34.3 Å². The van der Waals surface area contributed by atoms with Crippen molar-refractivity contribution in [1.82, 2.24) is 9.21 Å². The largest absolute Gasteiger partial charge is 0.340 e. The summed E-state index contributed by atoms with van der Waals surface area (Å²) in [4.78, 5) is 14.3. The molecule has 0 radical (unpaired) electrons. The van der Waals surface area contributed by atoms with E-state index in [4.69, 9.17) is 0 Å². The van der Waals surface area contributed by atoms with Crippen molar-refractivity contribution in [2.24, 2.45) is 5.92 Å². The smallest absolute Gasteiger partial charge is 0.226 e. The van der Waals surface area contributed by atoms with Crippen LogP contribution in [-0.2, 0) is 14.8 Å². The first-order valence-corrected chi connectivity index (χ1v) is 10.00. The van der Waals surface area contributed by atoms with E-state index >= 15 is 0 Å². The summed E-state index contributed by atoms with van der Waals surface area (Å²) in [6, 6.07) is 8.12. The highest BCUT2D eigenvalue weighted by Crippen LogP contribution is 2.48. The molecule has 2 fully saturated rings. The second kappa shape index (κ2) is 5.94. The number of carbonyl (C=O) groups excluding carboxylic acids is 1. The topological polar surface area (TPSA) is 57.7 Å². The summed E-state index contributed by atoms with van der Waals surface area (Å²) in [5, 5.41) is 0. The standard InChI is InChI=1S/C15H19BrN2O3S/c1-22(20,21)18-8-6-17(7-9-18)15(19)14-10-13(14)11-2-4-12(16)5-3-11/h2-5,13-14H,6-10H2,1H3. The van der Waals surface area contributed by atoms with Crippen LogP contribution in [-0.4, -0.2) is 56.0 Å². The van der Waals surface area contributed by atoms with Crippen LogP contribution >= 0.6 is 15.9 Å². The van der Waals surface area contributed by atoms with Gasteiger partial charge in [0.2, 0.25) is 15.9 Å². The molecule has 1 amide bonds. The molecule has 7 heteroatoms. The van der Waals surface area contributed by atoms with Gasteiger partial charge in [0.1, 0.15) is 0 Å². The van der Waals surface area contributed by atoms with Crippen molar-refractivity contribution in [3.63, 3.8) is 0 Å². The van der Waals surface area contributed by atoms with Gasteiger partial charge in [-0.3, -0.25) is 4.79 Å². The van der Waals surface area contributed by atoms with Crippen molar-refractivity contribution >= 4 is 31.9 Å². The summed E-state index contributed by atoms with van der Waals surface area (Å²) >= 11 is 3.41. The predicted molar refractivity (Wildman–Crippen MR) is 88.0 cm³/mol. The van der Waals surface area contributed by atoms with Crippen molar-refractivity contribution < 1.29 is 13.2 Å². The summed E-state index contributed by atoms with van der Waals surface area (Å²) in [5.74, 6) is 0.542. The van der Waals surface area contributed by atoms with Crippen LogP contribution < -0.4 is 0 Å². The van der Waals surface area contributed by atoms with E-state index < -0.39 is 10.0 Å². The monoisotopic (exact) mass is 386 g/mol. The lowest BCUT2D eigenvalue weighted by Gasteiger charge is -2.33. The van der Waals surface area contributed by atoms with Crippen molar-refractivity contribution in [3.8, 4) is 0 Å². The van der Waals surface area contributed by atoms with E-state index in [9.17, 15) is 13.2 Å². The van der Waals surface area contributed by atoms with E-state index in [1.807, 2.05) is 17.0 Å². The second-order valence-corrected chi connectivity index (χ2v) is 8.89. The van der Waals surface area contributed by atoms with Crippen LogP contribution in [0.1, 0.15) is 17.9 Å². The number of benzene rings is 1. The van der Waals surface area contributed by atoms with Gasteiger partial charge >= 0.3 is 0 Å². The number of sulfonamides is 1. The molecule has 2 unspecified atom stereocenters. The maximum absolute atomic E-state index is 12.5. The minimum Gasteiger partial charge on any atom is -0.340 e. The second-order valence-electron chi connectivity index (χ2n) is 5.99. The average Bonchev–Trinajstić information content (AvgIpc) is 3.27. The Hall–Kier alpha value is -0.920. The summed E-state index contributed by atoms with van der Waals surface area (Å²) in [7, 11) is -3.15. The van der Waals surface area contributed by atoms with Gasteiger partial charge < -0.3 is 4.90 Å². The Morgan fingerprint density at radius 1 is 1.14 bits per heavy atom. The highest BCUT2D eigenvalue weighted by atomic mass is 79.9. The van der Waals surface area contributed by atoms with Gasteiger partial charge in [0, 0.05) is 36.6 Å². The van der Waals surface area contributed by atoms with Crippen LogP contribution in [0.2, 0.25) is 0 Å². The minimum absolute atomic E-state index is 0.0611. The maximum atomic E-state index is 12.5. The van der Waals surface area contributed by atoms with Crippen LogP contribution in [0.3, 0.4) is 0 Å². The number of hydrogen-bond donors (Lipinski definition) is 0. The fourth-order valence-electron chi connectivity index (χ4n) is 3.02. The summed E-state index contributed by atoms with van der Waals surface area (Å²) < 4.78 is 25.5. The lowest BCUT2D eigenvalue weighted by atomic mass is 10.1. The minimum atomic E-state index is -3.15. The van der Waals surface area contributed by atoms with Gasteiger partial charge in [0.05, 0.1) is 6.26 Å². The van der Waals surface area contributed by atoms with Crippen LogP contribution in [0.25, 0.3) is 0 Å². The number of carbonyl (C=O) groups is 1. The molecule has 2 aliphatic rings. The molecule has 1 aliphatic carbocycles. The van der Waals surface area contributed by atoms with E-state index in [0.717, 1.165) is 10.9 Å². The average molecular weight is 387 g/mol. The van der Waals surface area contributed by atoms with Gasteiger partial charge in [-0.05, 0) is 30.0 Å². The molecule has 1 heterocycles. The summed E-state index contributed by atoms with van der Waals surface area (Å²) in [6.45, 7) is 1.80. The van der Waals surface area contributed by atoms with Crippen LogP contribution in [0, 0.1) is 5.92 Å².